The number of nitrogens with two attached hydrogens (primary N) is 1. The van der Waals surface area contributed by atoms with Crippen LogP contribution < -0.4 is 11.3 Å². The van der Waals surface area contributed by atoms with Crippen LogP contribution in [0.1, 0.15) is 17.4 Å². The van der Waals surface area contributed by atoms with E-state index in [9.17, 15) is 0 Å². The minimum atomic E-state index is -0.180. The minimum Gasteiger partial charge on any atom is -0.467 e. The standard InChI is InChI=1S/C11H10ClIN2O/c12-7-3-4-9(13)8(6-7)11(15-14)10-2-1-5-16-10/h1-6,11,15H,14H2. The van der Waals surface area contributed by atoms with Crippen molar-refractivity contribution in [3.8, 4) is 0 Å². The number of hydrogen-bond acceptors (Lipinski definition) is 3. The lowest BCUT2D eigenvalue weighted by Gasteiger charge is -2.15. The molecule has 0 aliphatic heterocycles. The molecule has 1 aromatic heterocycles. The molecule has 16 heavy (non-hydrogen) atoms. The van der Waals surface area contributed by atoms with Crippen molar-refractivity contribution in [3.63, 3.8) is 0 Å². The summed E-state index contributed by atoms with van der Waals surface area (Å²) in [7, 11) is 0. The van der Waals surface area contributed by atoms with Gasteiger partial charge in [0.2, 0.25) is 0 Å². The molecule has 84 valence electrons. The van der Waals surface area contributed by atoms with Gasteiger partial charge in [0.25, 0.3) is 0 Å². The zero-order valence-electron chi connectivity index (χ0n) is 8.28. The Balaban J connectivity index is 2.44. The average Bonchev–Trinajstić information content (AvgIpc) is 2.78. The van der Waals surface area contributed by atoms with E-state index < -0.39 is 0 Å². The molecule has 0 saturated heterocycles. The van der Waals surface area contributed by atoms with Gasteiger partial charge in [-0.25, -0.2) is 5.43 Å². The molecule has 1 unspecified atom stereocenters. The van der Waals surface area contributed by atoms with Crippen LogP contribution in [-0.4, -0.2) is 0 Å². The van der Waals surface area contributed by atoms with Crippen molar-refractivity contribution in [1.82, 2.24) is 5.43 Å². The number of benzene rings is 1. The van der Waals surface area contributed by atoms with E-state index in [1.807, 2.05) is 30.3 Å². The van der Waals surface area contributed by atoms with Gasteiger partial charge in [0.1, 0.15) is 11.8 Å². The fourth-order valence-corrected chi connectivity index (χ4v) is 2.34. The van der Waals surface area contributed by atoms with Crippen LogP contribution in [0.3, 0.4) is 0 Å². The summed E-state index contributed by atoms with van der Waals surface area (Å²) in [4.78, 5) is 0. The van der Waals surface area contributed by atoms with Gasteiger partial charge in [-0.1, -0.05) is 11.6 Å². The molecule has 0 saturated carbocycles. The van der Waals surface area contributed by atoms with Gasteiger partial charge in [-0.15, -0.1) is 0 Å². The monoisotopic (exact) mass is 348 g/mol. The highest BCUT2D eigenvalue weighted by molar-refractivity contribution is 14.1. The molecular weight excluding hydrogens is 338 g/mol. The van der Waals surface area contributed by atoms with E-state index in [4.69, 9.17) is 21.9 Å². The molecule has 0 aliphatic carbocycles. The summed E-state index contributed by atoms with van der Waals surface area (Å²) in [5.74, 6) is 6.32. The van der Waals surface area contributed by atoms with Gasteiger partial charge in [-0.05, 0) is 58.5 Å². The molecule has 3 nitrogen and oxygen atoms in total. The van der Waals surface area contributed by atoms with Gasteiger partial charge in [0.15, 0.2) is 0 Å². The second-order valence-electron chi connectivity index (χ2n) is 3.28. The van der Waals surface area contributed by atoms with Crippen molar-refractivity contribution in [3.05, 3.63) is 56.5 Å². The van der Waals surface area contributed by atoms with Crippen LogP contribution in [0.4, 0.5) is 0 Å². The van der Waals surface area contributed by atoms with E-state index in [0.717, 1.165) is 14.9 Å². The van der Waals surface area contributed by atoms with Crippen molar-refractivity contribution in [2.24, 2.45) is 5.84 Å². The van der Waals surface area contributed by atoms with Crippen molar-refractivity contribution in [2.45, 2.75) is 6.04 Å². The summed E-state index contributed by atoms with van der Waals surface area (Å²) in [5.41, 5.74) is 3.74. The highest BCUT2D eigenvalue weighted by Crippen LogP contribution is 2.28. The normalized spacial score (nSPS) is 12.7. The second-order valence-corrected chi connectivity index (χ2v) is 4.88. The van der Waals surface area contributed by atoms with Gasteiger partial charge >= 0.3 is 0 Å². The highest BCUT2D eigenvalue weighted by atomic mass is 127. The third-order valence-corrected chi connectivity index (χ3v) is 3.48. The Labute approximate surface area is 112 Å². The molecule has 3 N–H and O–H groups in total. The van der Waals surface area contributed by atoms with E-state index in [2.05, 4.69) is 28.0 Å². The number of halogens is 2. The van der Waals surface area contributed by atoms with Crippen molar-refractivity contribution >= 4 is 34.2 Å². The summed E-state index contributed by atoms with van der Waals surface area (Å²) in [6.45, 7) is 0. The van der Waals surface area contributed by atoms with Crippen LogP contribution in [0.15, 0.2) is 41.0 Å². The first kappa shape index (κ1) is 11.9. The summed E-state index contributed by atoms with van der Waals surface area (Å²) in [6.07, 6.45) is 1.62. The lowest BCUT2D eigenvalue weighted by molar-refractivity contribution is 0.451. The fourth-order valence-electron chi connectivity index (χ4n) is 1.52. The Morgan fingerprint density at radius 1 is 1.38 bits per heavy atom. The van der Waals surface area contributed by atoms with Crippen LogP contribution in [0.5, 0.6) is 0 Å². The van der Waals surface area contributed by atoms with Crippen LogP contribution >= 0.6 is 34.2 Å². The third-order valence-electron chi connectivity index (χ3n) is 2.26. The molecule has 0 radical (unpaired) electrons. The van der Waals surface area contributed by atoms with Crippen molar-refractivity contribution in [2.75, 3.05) is 0 Å². The maximum Gasteiger partial charge on any atom is 0.126 e. The first-order valence-electron chi connectivity index (χ1n) is 4.67. The van der Waals surface area contributed by atoms with Gasteiger partial charge in [-0.3, -0.25) is 5.84 Å². The van der Waals surface area contributed by atoms with E-state index in [-0.39, 0.29) is 6.04 Å². The summed E-state index contributed by atoms with van der Waals surface area (Å²) < 4.78 is 6.43. The molecule has 5 heteroatoms. The number of hydrazine groups is 1. The average molecular weight is 349 g/mol. The Morgan fingerprint density at radius 2 is 2.19 bits per heavy atom. The van der Waals surface area contributed by atoms with Crippen molar-refractivity contribution in [1.29, 1.82) is 0 Å². The maximum atomic E-state index is 5.98. The van der Waals surface area contributed by atoms with Gasteiger partial charge in [0, 0.05) is 8.59 Å². The number of rotatable bonds is 3. The molecule has 0 bridgehead atoms. The molecule has 0 fully saturated rings. The number of nitrogens with one attached hydrogen (secondary N) is 1. The number of hydrogen-bond donors (Lipinski definition) is 2. The van der Waals surface area contributed by atoms with E-state index in [0.29, 0.717) is 5.02 Å². The molecule has 1 heterocycles. The second kappa shape index (κ2) is 5.18. The van der Waals surface area contributed by atoms with E-state index in [1.54, 1.807) is 6.26 Å². The third kappa shape index (κ3) is 2.40. The first-order valence-corrected chi connectivity index (χ1v) is 6.12. The van der Waals surface area contributed by atoms with Gasteiger partial charge in [-0.2, -0.15) is 0 Å². The summed E-state index contributed by atoms with van der Waals surface area (Å²) >= 11 is 8.22. The van der Waals surface area contributed by atoms with Crippen LogP contribution in [0, 0.1) is 3.57 Å². The molecule has 0 spiro atoms. The Morgan fingerprint density at radius 3 is 2.81 bits per heavy atom. The van der Waals surface area contributed by atoms with Gasteiger partial charge in [0.05, 0.1) is 6.26 Å². The fraction of sp³-hybridized carbons (Fsp3) is 0.0909. The van der Waals surface area contributed by atoms with Crippen LogP contribution in [0.25, 0.3) is 0 Å². The largest absolute Gasteiger partial charge is 0.467 e. The molecule has 1 aromatic carbocycles. The van der Waals surface area contributed by atoms with Crippen molar-refractivity contribution < 1.29 is 4.42 Å². The zero-order chi connectivity index (χ0) is 11.5. The molecule has 1 atom stereocenters. The predicted molar refractivity (Wildman–Crippen MR) is 72.0 cm³/mol. The molecule has 0 amide bonds. The summed E-state index contributed by atoms with van der Waals surface area (Å²) in [6, 6.07) is 9.21. The Bertz CT molecular complexity index is 473. The quantitative estimate of drug-likeness (QED) is 0.509. The Kier molecular flexibility index (Phi) is 3.86. The predicted octanol–water partition coefficient (Wildman–Crippen LogP) is 3.09. The topological polar surface area (TPSA) is 51.2 Å². The van der Waals surface area contributed by atoms with E-state index in [1.165, 1.54) is 0 Å². The molecule has 2 rings (SSSR count). The number of furan rings is 1. The smallest absolute Gasteiger partial charge is 0.126 e. The Hall–Kier alpha value is -0.560. The lowest BCUT2D eigenvalue weighted by Crippen LogP contribution is -2.29. The SMILES string of the molecule is NNC(c1ccco1)c1cc(Cl)ccc1I. The first-order chi connectivity index (χ1) is 7.72. The van der Waals surface area contributed by atoms with E-state index >= 15 is 0 Å². The maximum absolute atomic E-state index is 5.98. The highest BCUT2D eigenvalue weighted by Gasteiger charge is 2.17. The molecule has 2 aromatic rings. The summed E-state index contributed by atoms with van der Waals surface area (Å²) in [5, 5.41) is 0.683. The van der Waals surface area contributed by atoms with Gasteiger partial charge < -0.3 is 4.42 Å². The minimum absolute atomic E-state index is 0.180. The molecule has 0 aliphatic rings. The zero-order valence-corrected chi connectivity index (χ0v) is 11.2. The van der Waals surface area contributed by atoms with Crippen LogP contribution in [-0.2, 0) is 0 Å². The lowest BCUT2D eigenvalue weighted by atomic mass is 10.1. The van der Waals surface area contributed by atoms with Crippen LogP contribution in [0.2, 0.25) is 5.02 Å². The molecular formula is C11H10ClIN2O.